The Kier molecular flexibility index (Phi) is 11.0. The standard InChI is InChI=1S/C30H35Cl2N3O4S/c1-21(2)18-33-30(37)28(16-23-8-6-5-7-9-23)34(19-24-12-13-25(31)17-27(24)32)29(36)20-35(40(4,38)39)26-14-10-22(3)11-15-26/h5-15,17,21,28H,16,18-20H2,1-4H3,(H,33,37)/t28-/m1/s1. The molecule has 0 fully saturated rings. The molecule has 0 aliphatic heterocycles. The van der Waals surface area contributed by atoms with Crippen molar-refractivity contribution in [2.24, 2.45) is 5.92 Å². The molecular formula is C30H35Cl2N3O4S. The fourth-order valence-corrected chi connectivity index (χ4v) is 5.45. The molecule has 0 aliphatic rings. The Hall–Kier alpha value is -3.07. The number of sulfonamides is 1. The van der Waals surface area contributed by atoms with E-state index in [1.807, 2.05) is 51.1 Å². The number of hydrogen-bond donors (Lipinski definition) is 1. The van der Waals surface area contributed by atoms with E-state index in [1.165, 1.54) is 4.90 Å². The summed E-state index contributed by atoms with van der Waals surface area (Å²) in [5.41, 5.74) is 2.74. The number of nitrogens with one attached hydrogen (secondary N) is 1. The van der Waals surface area contributed by atoms with E-state index < -0.39 is 28.5 Å². The average molecular weight is 605 g/mol. The summed E-state index contributed by atoms with van der Waals surface area (Å²) in [7, 11) is -3.83. The molecule has 0 aliphatic carbocycles. The van der Waals surface area contributed by atoms with Gasteiger partial charge >= 0.3 is 0 Å². The topological polar surface area (TPSA) is 86.8 Å². The average Bonchev–Trinajstić information content (AvgIpc) is 2.89. The molecular weight excluding hydrogens is 569 g/mol. The quantitative estimate of drug-likeness (QED) is 0.297. The molecule has 7 nitrogen and oxygen atoms in total. The number of carbonyl (C=O) groups is 2. The molecule has 0 bridgehead atoms. The first-order chi connectivity index (χ1) is 18.8. The number of benzene rings is 3. The van der Waals surface area contributed by atoms with E-state index in [0.29, 0.717) is 27.8 Å². The lowest BCUT2D eigenvalue weighted by molar-refractivity contribution is -0.140. The molecule has 0 radical (unpaired) electrons. The molecule has 3 aromatic carbocycles. The fourth-order valence-electron chi connectivity index (χ4n) is 4.13. The van der Waals surface area contributed by atoms with E-state index in [-0.39, 0.29) is 24.8 Å². The summed E-state index contributed by atoms with van der Waals surface area (Å²) in [5, 5.41) is 3.72. The molecule has 0 spiro atoms. The lowest BCUT2D eigenvalue weighted by atomic mass is 10.0. The SMILES string of the molecule is Cc1ccc(N(CC(=O)N(Cc2ccc(Cl)cc2Cl)[C@H](Cc2ccccc2)C(=O)NCC(C)C)S(C)(=O)=O)cc1. The number of anilines is 1. The van der Waals surface area contributed by atoms with Gasteiger partial charge in [-0.25, -0.2) is 8.42 Å². The summed E-state index contributed by atoms with van der Waals surface area (Å²) >= 11 is 12.6. The number of rotatable bonds is 12. The molecule has 0 heterocycles. The van der Waals surface area contributed by atoms with Gasteiger partial charge in [0.2, 0.25) is 21.8 Å². The highest BCUT2D eigenvalue weighted by atomic mass is 35.5. The van der Waals surface area contributed by atoms with Crippen LogP contribution in [0, 0.1) is 12.8 Å². The second-order valence-corrected chi connectivity index (χ2v) is 13.0. The first kappa shape index (κ1) is 31.5. The Labute approximate surface area is 247 Å². The lowest BCUT2D eigenvalue weighted by Gasteiger charge is -2.34. The largest absolute Gasteiger partial charge is 0.354 e. The molecule has 1 N–H and O–H groups in total. The van der Waals surface area contributed by atoms with Gasteiger partial charge in [-0.2, -0.15) is 0 Å². The summed E-state index contributed by atoms with van der Waals surface area (Å²) in [6.07, 6.45) is 1.28. The highest BCUT2D eigenvalue weighted by molar-refractivity contribution is 7.92. The van der Waals surface area contributed by atoms with Gasteiger partial charge in [-0.3, -0.25) is 13.9 Å². The first-order valence-electron chi connectivity index (χ1n) is 12.9. The number of carbonyl (C=O) groups excluding carboxylic acids is 2. The van der Waals surface area contributed by atoms with Crippen molar-refractivity contribution < 1.29 is 18.0 Å². The Balaban J connectivity index is 2.06. The molecule has 10 heteroatoms. The van der Waals surface area contributed by atoms with Crippen LogP contribution in [0.15, 0.2) is 72.8 Å². The number of aryl methyl sites for hydroxylation is 1. The van der Waals surface area contributed by atoms with Gasteiger partial charge in [0.15, 0.2) is 0 Å². The Bertz CT molecular complexity index is 1410. The number of halogens is 2. The maximum absolute atomic E-state index is 14.1. The van der Waals surface area contributed by atoms with Crippen molar-refractivity contribution in [3.05, 3.63) is 99.5 Å². The van der Waals surface area contributed by atoms with Crippen LogP contribution in [0.5, 0.6) is 0 Å². The molecule has 0 saturated carbocycles. The van der Waals surface area contributed by atoms with E-state index in [9.17, 15) is 18.0 Å². The minimum atomic E-state index is -3.83. The van der Waals surface area contributed by atoms with Crippen molar-refractivity contribution in [1.82, 2.24) is 10.2 Å². The minimum absolute atomic E-state index is 0.0209. The molecule has 40 heavy (non-hydrogen) atoms. The van der Waals surface area contributed by atoms with Gasteiger partial charge in [0.05, 0.1) is 11.9 Å². The van der Waals surface area contributed by atoms with Gasteiger partial charge in [-0.15, -0.1) is 0 Å². The van der Waals surface area contributed by atoms with Crippen molar-refractivity contribution in [1.29, 1.82) is 0 Å². The third-order valence-electron chi connectivity index (χ3n) is 6.31. The Morgan fingerprint density at radius 3 is 2.17 bits per heavy atom. The molecule has 1 atom stereocenters. The maximum atomic E-state index is 14.1. The van der Waals surface area contributed by atoms with Crippen LogP contribution in [0.1, 0.15) is 30.5 Å². The van der Waals surface area contributed by atoms with Crippen molar-refractivity contribution in [2.45, 2.75) is 39.8 Å². The summed E-state index contributed by atoms with van der Waals surface area (Å²) in [5.74, 6) is -0.687. The zero-order valence-electron chi connectivity index (χ0n) is 23.1. The van der Waals surface area contributed by atoms with Crippen LogP contribution in [0.25, 0.3) is 0 Å². The van der Waals surface area contributed by atoms with Gasteiger partial charge in [0.1, 0.15) is 12.6 Å². The van der Waals surface area contributed by atoms with E-state index >= 15 is 0 Å². The van der Waals surface area contributed by atoms with Crippen molar-refractivity contribution in [2.75, 3.05) is 23.7 Å². The fraction of sp³-hybridized carbons (Fsp3) is 0.333. The summed E-state index contributed by atoms with van der Waals surface area (Å²) in [4.78, 5) is 29.1. The number of amides is 2. The van der Waals surface area contributed by atoms with Crippen LogP contribution >= 0.6 is 23.2 Å². The normalized spacial score (nSPS) is 12.2. The van der Waals surface area contributed by atoms with Crippen molar-refractivity contribution >= 4 is 50.7 Å². The number of nitrogens with zero attached hydrogens (tertiary/aromatic N) is 2. The second-order valence-electron chi connectivity index (χ2n) is 10.2. The molecule has 0 saturated heterocycles. The van der Waals surface area contributed by atoms with Crippen LogP contribution < -0.4 is 9.62 Å². The van der Waals surface area contributed by atoms with Crippen molar-refractivity contribution in [3.63, 3.8) is 0 Å². The number of hydrogen-bond acceptors (Lipinski definition) is 4. The molecule has 3 rings (SSSR count). The Morgan fingerprint density at radius 1 is 0.950 bits per heavy atom. The lowest BCUT2D eigenvalue weighted by Crippen LogP contribution is -2.53. The molecule has 3 aromatic rings. The maximum Gasteiger partial charge on any atom is 0.244 e. The third kappa shape index (κ3) is 8.98. The van der Waals surface area contributed by atoms with Gasteiger partial charge in [-0.1, -0.05) is 91.1 Å². The summed E-state index contributed by atoms with van der Waals surface area (Å²) in [6, 6.07) is 20.2. The molecule has 0 unspecified atom stereocenters. The van der Waals surface area contributed by atoms with E-state index in [2.05, 4.69) is 5.32 Å². The highest BCUT2D eigenvalue weighted by Crippen LogP contribution is 2.25. The van der Waals surface area contributed by atoms with E-state index in [1.54, 1.807) is 42.5 Å². The smallest absolute Gasteiger partial charge is 0.244 e. The first-order valence-corrected chi connectivity index (χ1v) is 15.5. The molecule has 214 valence electrons. The van der Waals surface area contributed by atoms with Gasteiger partial charge in [0.25, 0.3) is 0 Å². The highest BCUT2D eigenvalue weighted by Gasteiger charge is 2.33. The van der Waals surface area contributed by atoms with Gasteiger partial charge in [-0.05, 0) is 48.2 Å². The summed E-state index contributed by atoms with van der Waals surface area (Å²) < 4.78 is 26.7. The predicted molar refractivity (Wildman–Crippen MR) is 162 cm³/mol. The zero-order chi connectivity index (χ0) is 29.4. The predicted octanol–water partition coefficient (Wildman–Crippen LogP) is 5.48. The van der Waals surface area contributed by atoms with Crippen LogP contribution in [0.3, 0.4) is 0 Å². The summed E-state index contributed by atoms with van der Waals surface area (Å²) in [6.45, 7) is 5.76. The van der Waals surface area contributed by atoms with Gasteiger partial charge in [0, 0.05) is 29.6 Å². The van der Waals surface area contributed by atoms with Crippen LogP contribution in [0.2, 0.25) is 10.0 Å². The third-order valence-corrected chi connectivity index (χ3v) is 8.04. The zero-order valence-corrected chi connectivity index (χ0v) is 25.4. The Morgan fingerprint density at radius 2 is 1.60 bits per heavy atom. The monoisotopic (exact) mass is 603 g/mol. The molecule has 2 amide bonds. The van der Waals surface area contributed by atoms with E-state index in [4.69, 9.17) is 23.2 Å². The van der Waals surface area contributed by atoms with Crippen LogP contribution in [-0.4, -0.2) is 50.5 Å². The minimum Gasteiger partial charge on any atom is -0.354 e. The van der Waals surface area contributed by atoms with Gasteiger partial charge < -0.3 is 10.2 Å². The van der Waals surface area contributed by atoms with Crippen molar-refractivity contribution in [3.8, 4) is 0 Å². The van der Waals surface area contributed by atoms with Crippen LogP contribution in [0.4, 0.5) is 5.69 Å². The van der Waals surface area contributed by atoms with E-state index in [0.717, 1.165) is 21.7 Å². The second kappa shape index (κ2) is 14.0. The molecule has 0 aromatic heterocycles. The van der Waals surface area contributed by atoms with Crippen LogP contribution in [-0.2, 0) is 32.6 Å².